The Bertz CT molecular complexity index is 1320. The largest absolute Gasteiger partial charge is 2.00 e. The Morgan fingerprint density at radius 2 is 1.31 bits per heavy atom. The maximum Gasteiger partial charge on any atom is 2.00 e. The van der Waals surface area contributed by atoms with E-state index in [-0.39, 0.29) is 31.1 Å². The molecule has 4 unspecified atom stereocenters. The Labute approximate surface area is 246 Å². The molecule has 3 aromatic carbocycles. The third-order valence-corrected chi connectivity index (χ3v) is 10.3. The molecule has 3 aromatic rings. The summed E-state index contributed by atoms with van der Waals surface area (Å²) >= 11 is 0. The molecule has 4 fully saturated rings. The molecule has 0 amide bonds. The van der Waals surface area contributed by atoms with Crippen molar-refractivity contribution >= 4 is 29.0 Å². The molecule has 0 aromatic heterocycles. The molecule has 4 heterocycles. The summed E-state index contributed by atoms with van der Waals surface area (Å²) in [6.45, 7) is 8.64. The van der Waals surface area contributed by atoms with Crippen molar-refractivity contribution in [2.24, 2.45) is 0 Å². The fourth-order valence-electron chi connectivity index (χ4n) is 6.23. The minimum Gasteiger partial charge on any atom is -0.706 e. The second-order valence-electron chi connectivity index (χ2n) is 10.7. The summed E-state index contributed by atoms with van der Waals surface area (Å²) in [7, 11) is -4.67. The Hall–Kier alpha value is -1.66. The van der Waals surface area contributed by atoms with Crippen LogP contribution >= 0.6 is 7.92 Å². The van der Waals surface area contributed by atoms with E-state index in [0.717, 1.165) is 24.0 Å². The number of nitrogens with one attached hydrogen (secondary N) is 1. The summed E-state index contributed by atoms with van der Waals surface area (Å²) in [5.41, 5.74) is 10.1. The Balaban J connectivity index is 0.000000191. The molecular weight excluding hydrogens is 628 g/mol. The zero-order valence-corrected chi connectivity index (χ0v) is 26.0. The van der Waals surface area contributed by atoms with E-state index in [2.05, 4.69) is 64.1 Å². The Kier molecular flexibility index (Phi) is 9.54. The summed E-state index contributed by atoms with van der Waals surface area (Å²) in [4.78, 5) is 0. The van der Waals surface area contributed by atoms with E-state index in [9.17, 15) is 8.42 Å². The van der Waals surface area contributed by atoms with Crippen LogP contribution in [0.2, 0.25) is 0 Å². The monoisotopic (exact) mass is 662 g/mol. The van der Waals surface area contributed by atoms with Gasteiger partial charge in [0.15, 0.2) is 22.3 Å². The minimum atomic E-state index is -3.67. The van der Waals surface area contributed by atoms with Gasteiger partial charge < -0.3 is 19.9 Å². The van der Waals surface area contributed by atoms with Gasteiger partial charge in [0.1, 0.15) is 0 Å². The van der Waals surface area contributed by atoms with Crippen molar-refractivity contribution in [2.45, 2.75) is 62.8 Å². The fourth-order valence-corrected chi connectivity index (χ4v) is 10.7. The second kappa shape index (κ2) is 11.7. The van der Waals surface area contributed by atoms with Crippen LogP contribution in [-0.2, 0) is 44.8 Å². The van der Waals surface area contributed by atoms with E-state index in [1.165, 1.54) is 5.30 Å². The SMILES string of the molecule is CC12CC3(C)OC(C)(CC(C)(O1)[PH+]3c1ccccc1)O2.CS(=O)(=O)O.[NH-]c1ccccc1-c1[c-]cccc1.[Pd+2]. The van der Waals surface area contributed by atoms with Crippen LogP contribution in [0.25, 0.3) is 16.9 Å². The van der Waals surface area contributed by atoms with Crippen LogP contribution in [0.3, 0.4) is 0 Å². The van der Waals surface area contributed by atoms with Crippen molar-refractivity contribution in [3.63, 3.8) is 0 Å². The van der Waals surface area contributed by atoms with Crippen LogP contribution in [0.15, 0.2) is 78.9 Å². The number of benzene rings is 3. The molecule has 0 aliphatic carbocycles. The maximum atomic E-state index is 9.19. The van der Waals surface area contributed by atoms with Gasteiger partial charge in [-0.05, 0) is 26.0 Å². The normalized spacial score (nSPS) is 32.1. The van der Waals surface area contributed by atoms with Gasteiger partial charge in [-0.15, -0.1) is 41.5 Å². The van der Waals surface area contributed by atoms with Crippen molar-refractivity contribution in [3.05, 3.63) is 90.7 Å². The molecule has 10 heteroatoms. The van der Waals surface area contributed by atoms with Crippen LogP contribution < -0.4 is 5.30 Å². The number of hydrogen-bond donors (Lipinski definition) is 1. The first-order chi connectivity index (χ1) is 17.6. The third-order valence-electron chi connectivity index (χ3n) is 6.68. The molecule has 212 valence electrons. The van der Waals surface area contributed by atoms with Crippen molar-refractivity contribution in [1.29, 1.82) is 0 Å². The molecule has 39 heavy (non-hydrogen) atoms. The van der Waals surface area contributed by atoms with Crippen LogP contribution in [0.4, 0.5) is 5.69 Å². The van der Waals surface area contributed by atoms with E-state index >= 15 is 0 Å². The Morgan fingerprint density at radius 1 is 0.821 bits per heavy atom. The second-order valence-corrected chi connectivity index (χ2v) is 15.6. The molecule has 0 radical (unpaired) electrons. The number of ether oxygens (including phenoxy) is 3. The zero-order chi connectivity index (χ0) is 27.8. The average Bonchev–Trinajstić information content (AvgIpc) is 2.77. The number of rotatable bonds is 2. The molecule has 0 saturated carbocycles. The summed E-state index contributed by atoms with van der Waals surface area (Å²) in [5.74, 6) is -1.00. The first-order valence-corrected chi connectivity index (χ1v) is 15.7. The van der Waals surface area contributed by atoms with Crippen LogP contribution in [0, 0.1) is 6.07 Å². The molecule has 4 bridgehead atoms. The molecule has 4 aliphatic rings. The van der Waals surface area contributed by atoms with Crippen molar-refractivity contribution < 1.29 is 47.6 Å². The van der Waals surface area contributed by atoms with Gasteiger partial charge >= 0.3 is 20.4 Å². The van der Waals surface area contributed by atoms with E-state index in [4.69, 9.17) is 24.5 Å². The Morgan fingerprint density at radius 3 is 1.79 bits per heavy atom. The molecule has 7 rings (SSSR count). The van der Waals surface area contributed by atoms with E-state index in [1.807, 2.05) is 42.5 Å². The van der Waals surface area contributed by atoms with Gasteiger partial charge in [-0.2, -0.15) is 14.1 Å². The number of hydrogen-bond acceptors (Lipinski definition) is 5. The van der Waals surface area contributed by atoms with Crippen LogP contribution in [-0.4, -0.2) is 41.5 Å². The van der Waals surface area contributed by atoms with Gasteiger partial charge in [0.05, 0.1) is 32.3 Å². The minimum absolute atomic E-state index is 0. The van der Waals surface area contributed by atoms with Crippen LogP contribution in [0.5, 0.6) is 0 Å². The molecule has 4 saturated heterocycles. The molecule has 0 spiro atoms. The van der Waals surface area contributed by atoms with Gasteiger partial charge in [0, 0.05) is 13.8 Å². The van der Waals surface area contributed by atoms with Gasteiger partial charge in [0.25, 0.3) is 10.1 Å². The van der Waals surface area contributed by atoms with E-state index in [1.54, 1.807) is 6.07 Å². The smallest absolute Gasteiger partial charge is 0.706 e. The van der Waals surface area contributed by atoms with Crippen molar-refractivity contribution in [1.82, 2.24) is 0 Å². The van der Waals surface area contributed by atoms with Gasteiger partial charge in [-0.1, -0.05) is 42.5 Å². The maximum absolute atomic E-state index is 9.19. The molecule has 4 aliphatic heterocycles. The molecule has 2 N–H and O–H groups in total. The van der Waals surface area contributed by atoms with Crippen molar-refractivity contribution in [3.8, 4) is 11.1 Å². The van der Waals surface area contributed by atoms with E-state index in [0.29, 0.717) is 11.9 Å². The van der Waals surface area contributed by atoms with Crippen LogP contribution in [0.1, 0.15) is 40.5 Å². The first kappa shape index (κ1) is 31.9. The third kappa shape index (κ3) is 7.55. The fraction of sp³-hybridized carbons (Fsp3) is 0.379. The molecular formula is C29H35NO6PPdS+. The standard InChI is InChI=1S/C16H21O3P.C12H9N.CH4O3S.Pd/c1-13-10-15(3)19-14(2,17-13)11-16(4,18-13)20(15)12-8-6-5-7-9-12;13-12-9-5-4-8-11(12)10-6-2-1-3-7-10;1-5(2,3)4;/h5-9H,10-11H2,1-4H3;1-6,8-9,13H;1H3,(H,2,3,4);/q;-2;;+2/p+1. The van der Waals surface area contributed by atoms with Crippen molar-refractivity contribution in [2.75, 3.05) is 6.26 Å². The predicted molar refractivity (Wildman–Crippen MR) is 153 cm³/mol. The van der Waals surface area contributed by atoms with Gasteiger partial charge in [-0.25, -0.2) is 0 Å². The quantitative estimate of drug-likeness (QED) is 0.144. The van der Waals surface area contributed by atoms with E-state index < -0.39 is 29.6 Å². The summed E-state index contributed by atoms with van der Waals surface area (Å²) < 4.78 is 44.8. The zero-order valence-electron chi connectivity index (χ0n) is 22.6. The summed E-state index contributed by atoms with van der Waals surface area (Å²) in [5, 5.41) is 1.12. The summed E-state index contributed by atoms with van der Waals surface area (Å²) in [6.07, 6.45) is 2.34. The summed E-state index contributed by atoms with van der Waals surface area (Å²) in [6, 6.07) is 29.1. The predicted octanol–water partition coefficient (Wildman–Crippen LogP) is 6.60. The average molecular weight is 663 g/mol. The first-order valence-electron chi connectivity index (χ1n) is 12.4. The molecule has 7 nitrogen and oxygen atoms in total. The topological polar surface area (TPSA) is 106 Å². The van der Waals surface area contributed by atoms with Gasteiger partial charge in [0.2, 0.25) is 0 Å². The molecule has 4 atom stereocenters. The van der Waals surface area contributed by atoms with Gasteiger partial charge in [-0.3, -0.25) is 4.55 Å².